The molecule has 0 spiro atoms. The summed E-state index contributed by atoms with van der Waals surface area (Å²) in [6.07, 6.45) is 1.94. The number of carbonyl (C=O) groups is 2. The van der Waals surface area contributed by atoms with E-state index in [0.717, 1.165) is 4.90 Å². The average molecular weight is 398 g/mol. The minimum atomic E-state index is -0.873. The molecule has 2 aliphatic rings. The van der Waals surface area contributed by atoms with E-state index in [9.17, 15) is 9.59 Å². The summed E-state index contributed by atoms with van der Waals surface area (Å²) in [5, 5.41) is 9.60. The Bertz CT molecular complexity index is 958. The molecule has 2 atom stereocenters. The smallest absolute Gasteiger partial charge is 0.263 e. The Kier molecular flexibility index (Phi) is 4.68. The minimum Gasteiger partial charge on any atom is -0.497 e. The molecule has 2 aromatic rings. The Morgan fingerprint density at radius 2 is 1.68 bits per heavy atom. The summed E-state index contributed by atoms with van der Waals surface area (Å²) < 4.78 is 10.6. The number of imide groups is 1. The van der Waals surface area contributed by atoms with Gasteiger partial charge >= 0.3 is 0 Å². The van der Waals surface area contributed by atoms with Gasteiger partial charge in [-0.05, 0) is 24.5 Å². The first-order valence-electron chi connectivity index (χ1n) is 8.52. The molecule has 8 nitrogen and oxygen atoms in total. The topological polar surface area (TPSA) is 83.8 Å². The van der Waals surface area contributed by atoms with Crippen LogP contribution < -0.4 is 19.4 Å². The fraction of sp³-hybridized carbons (Fsp3) is 0.263. The number of ether oxygens (including phenoxy) is 2. The second-order valence-corrected chi connectivity index (χ2v) is 7.10. The van der Waals surface area contributed by atoms with E-state index in [1.54, 1.807) is 36.0 Å². The monoisotopic (exact) mass is 398 g/mol. The molecule has 0 N–H and O–H groups in total. The van der Waals surface area contributed by atoms with Gasteiger partial charge in [0.15, 0.2) is 12.1 Å². The summed E-state index contributed by atoms with van der Waals surface area (Å²) in [6.45, 7) is 0. The highest BCUT2D eigenvalue weighted by Crippen LogP contribution is 2.38. The normalized spacial score (nSPS) is 20.7. The van der Waals surface area contributed by atoms with E-state index in [-0.39, 0.29) is 11.8 Å². The van der Waals surface area contributed by atoms with Crippen LogP contribution in [-0.4, -0.2) is 44.4 Å². The molecular formula is C19H18N4O4S. The summed E-state index contributed by atoms with van der Waals surface area (Å²) in [7, 11) is 3.08. The number of benzene rings is 2. The number of methoxy groups -OCH3 is 2. The zero-order valence-electron chi connectivity index (χ0n) is 15.5. The zero-order valence-corrected chi connectivity index (χ0v) is 16.3. The van der Waals surface area contributed by atoms with Crippen LogP contribution in [0.15, 0.2) is 57.7 Å². The Hall–Kier alpha value is -3.07. The molecule has 2 aromatic carbocycles. The maximum atomic E-state index is 13.2. The third-order valence-corrected chi connectivity index (χ3v) is 5.42. The van der Waals surface area contributed by atoms with Gasteiger partial charge in [0.25, 0.3) is 11.8 Å². The standard InChI is InChI=1S/C19H18N4O4S/c1-26-13-7-12(8-14(10-13)27-2)23-17-16(20-21-23)18(24)22(19(17)25)11-5-4-6-15(9-11)28-3/h4-10,16-17H,1-3H3/t16-,17+/m1/s1. The molecule has 144 valence electrons. The third-order valence-electron chi connectivity index (χ3n) is 4.69. The fourth-order valence-electron chi connectivity index (χ4n) is 3.30. The molecule has 0 bridgehead atoms. The predicted molar refractivity (Wildman–Crippen MR) is 105 cm³/mol. The summed E-state index contributed by atoms with van der Waals surface area (Å²) in [4.78, 5) is 28.2. The summed E-state index contributed by atoms with van der Waals surface area (Å²) in [5.41, 5.74) is 1.10. The average Bonchev–Trinajstić information content (AvgIpc) is 3.27. The summed E-state index contributed by atoms with van der Waals surface area (Å²) >= 11 is 1.54. The largest absolute Gasteiger partial charge is 0.497 e. The van der Waals surface area contributed by atoms with Crippen LogP contribution in [0, 0.1) is 0 Å². The van der Waals surface area contributed by atoms with Gasteiger partial charge in [-0.3, -0.25) is 9.59 Å². The van der Waals surface area contributed by atoms with Gasteiger partial charge in [0, 0.05) is 23.1 Å². The first kappa shape index (κ1) is 18.3. The maximum Gasteiger partial charge on any atom is 0.263 e. The van der Waals surface area contributed by atoms with Gasteiger partial charge < -0.3 is 9.47 Å². The Morgan fingerprint density at radius 1 is 0.964 bits per heavy atom. The first-order valence-corrected chi connectivity index (χ1v) is 9.75. The van der Waals surface area contributed by atoms with Crippen molar-refractivity contribution in [3.63, 3.8) is 0 Å². The van der Waals surface area contributed by atoms with Crippen molar-refractivity contribution in [2.75, 3.05) is 30.4 Å². The molecule has 0 radical (unpaired) electrons. The lowest BCUT2D eigenvalue weighted by molar-refractivity contribution is -0.121. The van der Waals surface area contributed by atoms with Gasteiger partial charge in [0.05, 0.1) is 25.6 Å². The van der Waals surface area contributed by atoms with Crippen LogP contribution in [0.5, 0.6) is 11.5 Å². The minimum absolute atomic E-state index is 0.361. The number of rotatable bonds is 5. The molecule has 0 unspecified atom stereocenters. The van der Waals surface area contributed by atoms with Crippen LogP contribution in [0.1, 0.15) is 0 Å². The van der Waals surface area contributed by atoms with Crippen molar-refractivity contribution >= 4 is 35.0 Å². The van der Waals surface area contributed by atoms with Crippen LogP contribution >= 0.6 is 11.8 Å². The van der Waals surface area contributed by atoms with E-state index in [1.165, 1.54) is 24.1 Å². The van der Waals surface area contributed by atoms with Crippen molar-refractivity contribution < 1.29 is 19.1 Å². The number of thioether (sulfide) groups is 1. The number of hydrogen-bond acceptors (Lipinski definition) is 8. The lowest BCUT2D eigenvalue weighted by Crippen LogP contribution is -2.39. The highest BCUT2D eigenvalue weighted by molar-refractivity contribution is 7.98. The van der Waals surface area contributed by atoms with E-state index in [0.29, 0.717) is 22.9 Å². The molecule has 2 amide bonds. The molecule has 9 heteroatoms. The second kappa shape index (κ2) is 7.16. The highest BCUT2D eigenvalue weighted by Gasteiger charge is 2.55. The van der Waals surface area contributed by atoms with E-state index in [1.807, 2.05) is 24.5 Å². The van der Waals surface area contributed by atoms with Crippen molar-refractivity contribution in [1.82, 2.24) is 0 Å². The van der Waals surface area contributed by atoms with Gasteiger partial charge in [0.2, 0.25) is 0 Å². The van der Waals surface area contributed by atoms with E-state index >= 15 is 0 Å². The highest BCUT2D eigenvalue weighted by atomic mass is 32.2. The van der Waals surface area contributed by atoms with Crippen LogP contribution in [-0.2, 0) is 9.59 Å². The van der Waals surface area contributed by atoms with Crippen molar-refractivity contribution in [3.8, 4) is 11.5 Å². The molecular weight excluding hydrogens is 380 g/mol. The third kappa shape index (κ3) is 2.88. The van der Waals surface area contributed by atoms with E-state index < -0.39 is 12.1 Å². The second-order valence-electron chi connectivity index (χ2n) is 6.22. The first-order chi connectivity index (χ1) is 13.6. The SMILES string of the molecule is COc1cc(OC)cc(N2N=N[C@H]3C(=O)N(c4cccc(SC)c4)C(=O)[C@H]32)c1. The molecule has 28 heavy (non-hydrogen) atoms. The van der Waals surface area contributed by atoms with Crippen LogP contribution in [0.4, 0.5) is 11.4 Å². The lowest BCUT2D eigenvalue weighted by Gasteiger charge is -2.21. The predicted octanol–water partition coefficient (Wildman–Crippen LogP) is 2.92. The van der Waals surface area contributed by atoms with Gasteiger partial charge in [0.1, 0.15) is 11.5 Å². The van der Waals surface area contributed by atoms with E-state index in [2.05, 4.69) is 10.3 Å². The number of carbonyl (C=O) groups excluding carboxylic acids is 2. The molecule has 0 aromatic heterocycles. The van der Waals surface area contributed by atoms with Crippen molar-refractivity contribution in [3.05, 3.63) is 42.5 Å². The molecule has 0 aliphatic carbocycles. The number of amides is 2. The molecule has 2 aliphatic heterocycles. The van der Waals surface area contributed by atoms with Crippen molar-refractivity contribution in [1.29, 1.82) is 0 Å². The zero-order chi connectivity index (χ0) is 19.8. The quantitative estimate of drug-likeness (QED) is 0.569. The van der Waals surface area contributed by atoms with Crippen LogP contribution in [0.25, 0.3) is 0 Å². The van der Waals surface area contributed by atoms with Gasteiger partial charge in [-0.15, -0.1) is 11.8 Å². The number of hydrogen-bond donors (Lipinski definition) is 0. The summed E-state index contributed by atoms with van der Waals surface area (Å²) in [6, 6.07) is 10.8. The van der Waals surface area contributed by atoms with Crippen LogP contribution in [0.2, 0.25) is 0 Å². The lowest BCUT2D eigenvalue weighted by atomic mass is 10.1. The van der Waals surface area contributed by atoms with Gasteiger partial charge in [-0.1, -0.05) is 11.3 Å². The molecule has 0 saturated carbocycles. The number of nitrogens with zero attached hydrogens (tertiary/aromatic N) is 4. The Balaban J connectivity index is 1.70. The molecule has 2 heterocycles. The number of anilines is 2. The summed E-state index contributed by atoms with van der Waals surface area (Å²) in [5.74, 6) is 0.359. The van der Waals surface area contributed by atoms with Crippen LogP contribution in [0.3, 0.4) is 0 Å². The molecule has 1 fully saturated rings. The molecule has 4 rings (SSSR count). The van der Waals surface area contributed by atoms with E-state index in [4.69, 9.17) is 9.47 Å². The Labute approximate surface area is 166 Å². The van der Waals surface area contributed by atoms with Crippen molar-refractivity contribution in [2.45, 2.75) is 17.0 Å². The van der Waals surface area contributed by atoms with Crippen molar-refractivity contribution in [2.24, 2.45) is 10.3 Å². The fourth-order valence-corrected chi connectivity index (χ4v) is 3.76. The molecule has 1 saturated heterocycles. The number of fused-ring (bicyclic) bond motifs is 1. The van der Waals surface area contributed by atoms with Gasteiger partial charge in [-0.2, -0.15) is 5.11 Å². The Morgan fingerprint density at radius 3 is 2.32 bits per heavy atom. The van der Waals surface area contributed by atoms with Gasteiger partial charge in [-0.25, -0.2) is 9.91 Å². The maximum absolute atomic E-state index is 13.2.